The van der Waals surface area contributed by atoms with Gasteiger partial charge >= 0.3 is 11.9 Å². The Hall–Kier alpha value is -1.10. The summed E-state index contributed by atoms with van der Waals surface area (Å²) in [4.78, 5) is 23.2. The minimum atomic E-state index is -0.467. The second-order valence-corrected chi connectivity index (χ2v) is 8.72. The third-order valence-corrected chi connectivity index (χ3v) is 4.53. The van der Waals surface area contributed by atoms with Gasteiger partial charge in [0.05, 0.1) is 12.7 Å². The van der Waals surface area contributed by atoms with Gasteiger partial charge in [-0.15, -0.1) is 0 Å². The monoisotopic (exact) mass is 400 g/mol. The minimum Gasteiger partial charge on any atom is -0.466 e. The first-order valence-electron chi connectivity index (χ1n) is 11.3. The lowest BCUT2D eigenvalue weighted by atomic mass is 10.0. The largest absolute Gasteiger partial charge is 0.466 e. The fourth-order valence-electron chi connectivity index (χ4n) is 2.96. The summed E-state index contributed by atoms with van der Waals surface area (Å²) in [6.07, 6.45) is 12.3. The Morgan fingerprint density at radius 3 is 2.07 bits per heavy atom. The molecule has 166 valence electrons. The lowest BCUT2D eigenvalue weighted by molar-refractivity contribution is -0.155. The number of aliphatic hydroxyl groups is 1. The fraction of sp³-hybridized carbons (Fsp3) is 0.913. The molecule has 0 rings (SSSR count). The molecule has 0 unspecified atom stereocenters. The predicted octanol–water partition coefficient (Wildman–Crippen LogP) is 5.71. The van der Waals surface area contributed by atoms with E-state index in [0.717, 1.165) is 51.4 Å². The second kappa shape index (κ2) is 16.8. The van der Waals surface area contributed by atoms with Gasteiger partial charge in [-0.25, -0.2) is 0 Å². The van der Waals surface area contributed by atoms with E-state index in [1.165, 1.54) is 19.3 Å². The van der Waals surface area contributed by atoms with E-state index in [2.05, 4.69) is 6.92 Å². The van der Waals surface area contributed by atoms with Gasteiger partial charge in [0.2, 0.25) is 0 Å². The smallest absolute Gasteiger partial charge is 0.306 e. The van der Waals surface area contributed by atoms with E-state index in [0.29, 0.717) is 19.4 Å². The lowest BCUT2D eigenvalue weighted by Crippen LogP contribution is -2.24. The maximum absolute atomic E-state index is 11.6. The summed E-state index contributed by atoms with van der Waals surface area (Å²) in [6, 6.07) is 0. The first-order valence-corrected chi connectivity index (χ1v) is 11.3. The van der Waals surface area contributed by atoms with Gasteiger partial charge in [-0.05, 0) is 46.5 Å². The van der Waals surface area contributed by atoms with Crippen molar-refractivity contribution in [3.8, 4) is 0 Å². The predicted molar refractivity (Wildman–Crippen MR) is 113 cm³/mol. The van der Waals surface area contributed by atoms with Crippen molar-refractivity contribution in [1.82, 2.24) is 0 Å². The molecule has 0 radical (unpaired) electrons. The molecule has 0 spiro atoms. The van der Waals surface area contributed by atoms with Crippen molar-refractivity contribution in [2.24, 2.45) is 0 Å². The van der Waals surface area contributed by atoms with E-state index in [9.17, 15) is 14.7 Å². The number of hydrogen-bond donors (Lipinski definition) is 1. The van der Waals surface area contributed by atoms with E-state index in [-0.39, 0.29) is 18.4 Å². The third kappa shape index (κ3) is 19.7. The Bertz CT molecular complexity index is 400. The molecule has 5 nitrogen and oxygen atoms in total. The molecule has 0 aliphatic rings. The van der Waals surface area contributed by atoms with E-state index < -0.39 is 11.7 Å². The van der Waals surface area contributed by atoms with E-state index in [1.807, 2.05) is 20.8 Å². The van der Waals surface area contributed by atoms with Gasteiger partial charge in [0.15, 0.2) is 0 Å². The molecule has 5 heteroatoms. The van der Waals surface area contributed by atoms with E-state index in [4.69, 9.17) is 9.47 Å². The van der Waals surface area contributed by atoms with Crippen molar-refractivity contribution < 1.29 is 24.2 Å². The maximum Gasteiger partial charge on any atom is 0.306 e. The summed E-state index contributed by atoms with van der Waals surface area (Å²) in [6.45, 7) is 8.24. The Kier molecular flexibility index (Phi) is 16.2. The van der Waals surface area contributed by atoms with Crippen LogP contribution in [-0.4, -0.2) is 35.4 Å². The highest BCUT2D eigenvalue weighted by Crippen LogP contribution is 2.14. The number of rotatable bonds is 17. The summed E-state index contributed by atoms with van der Waals surface area (Å²) < 4.78 is 10.5. The number of ether oxygens (including phenoxy) is 2. The summed E-state index contributed by atoms with van der Waals surface area (Å²) in [5, 5.41) is 9.95. The highest BCUT2D eigenvalue weighted by Gasteiger charge is 2.17. The topological polar surface area (TPSA) is 72.8 Å². The van der Waals surface area contributed by atoms with Crippen LogP contribution in [-0.2, 0) is 19.1 Å². The summed E-state index contributed by atoms with van der Waals surface area (Å²) >= 11 is 0. The quantitative estimate of drug-likeness (QED) is 0.250. The maximum atomic E-state index is 11.6. The van der Waals surface area contributed by atoms with Gasteiger partial charge < -0.3 is 14.6 Å². The molecular weight excluding hydrogens is 356 g/mol. The number of esters is 2. The van der Waals surface area contributed by atoms with Gasteiger partial charge in [-0.2, -0.15) is 0 Å². The van der Waals surface area contributed by atoms with E-state index in [1.54, 1.807) is 0 Å². The molecule has 0 aromatic heterocycles. The van der Waals surface area contributed by atoms with Gasteiger partial charge in [0.25, 0.3) is 0 Å². The van der Waals surface area contributed by atoms with Crippen molar-refractivity contribution in [3.63, 3.8) is 0 Å². The molecule has 1 N–H and O–H groups in total. The molecular formula is C23H44O5. The Labute approximate surface area is 172 Å². The van der Waals surface area contributed by atoms with Gasteiger partial charge in [-0.1, -0.05) is 58.3 Å². The van der Waals surface area contributed by atoms with Crippen LogP contribution in [0.25, 0.3) is 0 Å². The first kappa shape index (κ1) is 26.9. The molecule has 0 heterocycles. The van der Waals surface area contributed by atoms with Crippen LogP contribution < -0.4 is 0 Å². The Balaban J connectivity index is 3.42. The number of unbranched alkanes of at least 4 members (excludes halogenated alkanes) is 8. The SMILES string of the molecule is CCCCCCCC(=O)OCCCCCCC[C@@H](O)CCC(=O)OC(C)(C)C. The molecule has 0 aromatic rings. The molecule has 0 saturated carbocycles. The number of hydrogen-bond acceptors (Lipinski definition) is 5. The molecule has 1 atom stereocenters. The Morgan fingerprint density at radius 1 is 0.786 bits per heavy atom. The zero-order chi connectivity index (χ0) is 21.3. The van der Waals surface area contributed by atoms with Gasteiger partial charge in [0, 0.05) is 12.8 Å². The average Bonchev–Trinajstić information content (AvgIpc) is 2.60. The van der Waals surface area contributed by atoms with Crippen LogP contribution in [0.15, 0.2) is 0 Å². The number of aliphatic hydroxyl groups excluding tert-OH is 1. The molecule has 28 heavy (non-hydrogen) atoms. The van der Waals surface area contributed by atoms with Crippen LogP contribution in [0, 0.1) is 0 Å². The van der Waals surface area contributed by atoms with Crippen LogP contribution in [0.4, 0.5) is 0 Å². The molecule has 0 fully saturated rings. The van der Waals surface area contributed by atoms with Gasteiger partial charge in [-0.3, -0.25) is 9.59 Å². The molecule has 0 amide bonds. The Morgan fingerprint density at radius 2 is 1.39 bits per heavy atom. The van der Waals surface area contributed by atoms with Crippen molar-refractivity contribution in [2.45, 2.75) is 129 Å². The van der Waals surface area contributed by atoms with Crippen LogP contribution in [0.1, 0.15) is 118 Å². The molecule has 0 saturated heterocycles. The summed E-state index contributed by atoms with van der Waals surface area (Å²) in [5.41, 5.74) is -0.467. The standard InChI is InChI=1S/C23H44O5/c1-5-6-7-9-13-16-21(25)27-19-14-11-8-10-12-15-20(24)17-18-22(26)28-23(2,3)4/h20,24H,5-19H2,1-4H3/t20-/m1/s1. The molecule has 0 aliphatic carbocycles. The van der Waals surface area contributed by atoms with Crippen LogP contribution >= 0.6 is 0 Å². The lowest BCUT2D eigenvalue weighted by Gasteiger charge is -2.20. The fourth-order valence-corrected chi connectivity index (χ4v) is 2.96. The van der Waals surface area contributed by atoms with Crippen LogP contribution in [0.2, 0.25) is 0 Å². The minimum absolute atomic E-state index is 0.0652. The highest BCUT2D eigenvalue weighted by atomic mass is 16.6. The normalized spacial score (nSPS) is 12.6. The van der Waals surface area contributed by atoms with Crippen LogP contribution in [0.3, 0.4) is 0 Å². The third-order valence-electron chi connectivity index (χ3n) is 4.53. The first-order chi connectivity index (χ1) is 13.2. The summed E-state index contributed by atoms with van der Waals surface area (Å²) in [7, 11) is 0. The second-order valence-electron chi connectivity index (χ2n) is 8.72. The number of carbonyl (C=O) groups excluding carboxylic acids is 2. The van der Waals surface area contributed by atoms with Crippen molar-refractivity contribution >= 4 is 11.9 Å². The molecule has 0 bridgehead atoms. The highest BCUT2D eigenvalue weighted by molar-refractivity contribution is 5.69. The average molecular weight is 401 g/mol. The molecule has 0 aromatic carbocycles. The summed E-state index contributed by atoms with van der Waals surface area (Å²) in [5.74, 6) is -0.313. The van der Waals surface area contributed by atoms with E-state index >= 15 is 0 Å². The zero-order valence-corrected chi connectivity index (χ0v) is 18.8. The van der Waals surface area contributed by atoms with Crippen molar-refractivity contribution in [3.05, 3.63) is 0 Å². The molecule has 0 aliphatic heterocycles. The zero-order valence-electron chi connectivity index (χ0n) is 18.8. The van der Waals surface area contributed by atoms with Crippen molar-refractivity contribution in [2.75, 3.05) is 6.61 Å². The number of carbonyl (C=O) groups is 2. The van der Waals surface area contributed by atoms with Crippen LogP contribution in [0.5, 0.6) is 0 Å². The van der Waals surface area contributed by atoms with Crippen molar-refractivity contribution in [1.29, 1.82) is 0 Å². The van der Waals surface area contributed by atoms with Gasteiger partial charge in [0.1, 0.15) is 5.60 Å².